The highest BCUT2D eigenvalue weighted by atomic mass is 16.5. The van der Waals surface area contributed by atoms with Crippen molar-refractivity contribution in [2.24, 2.45) is 5.41 Å². The minimum absolute atomic E-state index is 0.0123. The third-order valence-electron chi connectivity index (χ3n) is 5.31. The highest BCUT2D eigenvalue weighted by molar-refractivity contribution is 5.75. The van der Waals surface area contributed by atoms with E-state index in [0.717, 1.165) is 19.4 Å². The van der Waals surface area contributed by atoms with E-state index in [9.17, 15) is 9.90 Å². The van der Waals surface area contributed by atoms with Gasteiger partial charge in [0.15, 0.2) is 6.33 Å². The van der Waals surface area contributed by atoms with Gasteiger partial charge in [0.25, 0.3) is 0 Å². The molecule has 134 valence electrons. The van der Waals surface area contributed by atoms with Gasteiger partial charge in [-0.3, -0.25) is 4.79 Å². The van der Waals surface area contributed by atoms with Crippen LogP contribution in [0.1, 0.15) is 19.3 Å². The Morgan fingerprint density at radius 1 is 1.42 bits per heavy atom. The largest absolute Gasteiger partial charge is 0.392 e. The van der Waals surface area contributed by atoms with Crippen LogP contribution in [0.3, 0.4) is 0 Å². The van der Waals surface area contributed by atoms with E-state index in [4.69, 9.17) is 4.74 Å². The number of hydrogen-bond acceptors (Lipinski definition) is 7. The molecule has 0 bridgehead atoms. The quantitative estimate of drug-likeness (QED) is 0.710. The molecule has 1 aliphatic carbocycles. The van der Waals surface area contributed by atoms with Gasteiger partial charge in [0.05, 0.1) is 18.8 Å². The van der Waals surface area contributed by atoms with Gasteiger partial charge in [0, 0.05) is 31.5 Å². The van der Waals surface area contributed by atoms with Crippen molar-refractivity contribution in [3.05, 3.63) is 6.33 Å². The SMILES string of the molecule is CN(C)CCO[C@H]1C[C@@H](O)C12CCN(C(=O)Cn1ncnn1)CC2. The summed E-state index contributed by atoms with van der Waals surface area (Å²) < 4.78 is 6.00. The molecule has 1 aliphatic heterocycles. The topological polar surface area (TPSA) is 96.6 Å². The number of piperidine rings is 1. The van der Waals surface area contributed by atoms with Gasteiger partial charge in [-0.1, -0.05) is 0 Å². The van der Waals surface area contributed by atoms with Crippen molar-refractivity contribution in [1.29, 1.82) is 0 Å². The van der Waals surface area contributed by atoms with Gasteiger partial charge in [0.2, 0.25) is 5.91 Å². The summed E-state index contributed by atoms with van der Waals surface area (Å²) in [5, 5.41) is 21.5. The predicted octanol–water partition coefficient (Wildman–Crippen LogP) is -1.01. The molecule has 0 radical (unpaired) electrons. The Hall–Kier alpha value is -1.58. The van der Waals surface area contributed by atoms with Crippen molar-refractivity contribution in [1.82, 2.24) is 30.0 Å². The molecule has 3 rings (SSSR count). The second kappa shape index (κ2) is 7.12. The molecule has 0 unspecified atom stereocenters. The Morgan fingerprint density at radius 3 is 2.75 bits per heavy atom. The summed E-state index contributed by atoms with van der Waals surface area (Å²) in [6.45, 7) is 2.93. The van der Waals surface area contributed by atoms with Gasteiger partial charge in [0.1, 0.15) is 6.54 Å². The van der Waals surface area contributed by atoms with Crippen LogP contribution in [0.5, 0.6) is 0 Å². The Balaban J connectivity index is 1.50. The number of likely N-dealkylation sites (tertiary alicyclic amines) is 1. The smallest absolute Gasteiger partial charge is 0.246 e. The van der Waals surface area contributed by atoms with Crippen molar-refractivity contribution in [3.63, 3.8) is 0 Å². The lowest BCUT2D eigenvalue weighted by atomic mass is 9.58. The average molecular weight is 338 g/mol. The summed E-state index contributed by atoms with van der Waals surface area (Å²) in [6, 6.07) is 0. The molecule has 2 aliphatic rings. The Bertz CT molecular complexity index is 541. The lowest BCUT2D eigenvalue weighted by molar-refractivity contribution is -0.212. The first-order chi connectivity index (χ1) is 11.5. The zero-order valence-electron chi connectivity index (χ0n) is 14.3. The van der Waals surface area contributed by atoms with E-state index in [-0.39, 0.29) is 30.1 Å². The Morgan fingerprint density at radius 2 is 2.17 bits per heavy atom. The maximum absolute atomic E-state index is 12.3. The molecule has 0 aromatic carbocycles. The zero-order valence-corrected chi connectivity index (χ0v) is 14.3. The second-order valence-corrected chi connectivity index (χ2v) is 6.99. The van der Waals surface area contributed by atoms with Crippen LogP contribution in [0.4, 0.5) is 0 Å². The first-order valence-corrected chi connectivity index (χ1v) is 8.44. The van der Waals surface area contributed by atoms with E-state index < -0.39 is 0 Å². The minimum atomic E-state index is -0.323. The molecule has 1 saturated heterocycles. The van der Waals surface area contributed by atoms with Crippen LogP contribution in [0, 0.1) is 5.41 Å². The molecule has 2 heterocycles. The van der Waals surface area contributed by atoms with Crippen LogP contribution in [0.15, 0.2) is 6.33 Å². The van der Waals surface area contributed by atoms with Crippen molar-refractivity contribution < 1.29 is 14.6 Å². The number of carbonyl (C=O) groups excluding carboxylic acids is 1. The molecule has 1 N–H and O–H groups in total. The summed E-state index contributed by atoms with van der Waals surface area (Å²) >= 11 is 0. The third-order valence-corrected chi connectivity index (χ3v) is 5.31. The maximum atomic E-state index is 12.3. The number of hydrogen-bond donors (Lipinski definition) is 1. The number of aliphatic hydroxyl groups is 1. The van der Waals surface area contributed by atoms with Gasteiger partial charge in [-0.25, -0.2) is 0 Å². The van der Waals surface area contributed by atoms with Gasteiger partial charge in [-0.15, -0.1) is 10.2 Å². The van der Waals surface area contributed by atoms with Crippen LogP contribution in [-0.2, 0) is 16.1 Å². The van der Waals surface area contributed by atoms with E-state index in [0.29, 0.717) is 26.1 Å². The van der Waals surface area contributed by atoms with E-state index in [1.54, 1.807) is 0 Å². The number of likely N-dealkylation sites (N-methyl/N-ethyl adjacent to an activating group) is 1. The fourth-order valence-corrected chi connectivity index (χ4v) is 3.65. The van der Waals surface area contributed by atoms with Crippen LogP contribution in [-0.4, -0.2) is 93.6 Å². The number of carbonyl (C=O) groups is 1. The average Bonchev–Trinajstić information content (AvgIpc) is 3.07. The van der Waals surface area contributed by atoms with Gasteiger partial charge in [-0.05, 0) is 32.2 Å². The standard InChI is InChI=1S/C15H26N6O3/c1-19(2)7-8-24-13-9-12(22)15(13)3-5-20(6-4-15)14(23)10-21-17-11-16-18-21/h11-13,22H,3-10H2,1-2H3/t12-,13+/m1/s1. The van der Waals surface area contributed by atoms with Crippen molar-refractivity contribution in [3.8, 4) is 0 Å². The zero-order chi connectivity index (χ0) is 17.2. The summed E-state index contributed by atoms with van der Waals surface area (Å²) in [6.07, 6.45) is 3.34. The van der Waals surface area contributed by atoms with E-state index in [2.05, 4.69) is 20.3 Å². The molecule has 2 fully saturated rings. The fraction of sp³-hybridized carbons (Fsp3) is 0.867. The van der Waals surface area contributed by atoms with E-state index >= 15 is 0 Å². The summed E-state index contributed by atoms with van der Waals surface area (Å²) in [7, 11) is 4.03. The number of amides is 1. The van der Waals surface area contributed by atoms with Crippen molar-refractivity contribution in [2.75, 3.05) is 40.3 Å². The number of nitrogens with zero attached hydrogens (tertiary/aromatic N) is 6. The summed E-state index contributed by atoms with van der Waals surface area (Å²) in [4.78, 5) is 17.5. The molecular weight excluding hydrogens is 312 g/mol. The lowest BCUT2D eigenvalue weighted by Gasteiger charge is -2.56. The summed E-state index contributed by atoms with van der Waals surface area (Å²) in [5.74, 6) is -0.0123. The molecular formula is C15H26N6O3. The third kappa shape index (κ3) is 3.42. The van der Waals surface area contributed by atoms with Crippen molar-refractivity contribution in [2.45, 2.75) is 38.0 Å². The maximum Gasteiger partial charge on any atom is 0.246 e. The Labute approximate surface area is 141 Å². The number of ether oxygens (including phenoxy) is 1. The van der Waals surface area contributed by atoms with Crippen LogP contribution in [0.2, 0.25) is 0 Å². The van der Waals surface area contributed by atoms with Crippen molar-refractivity contribution >= 4 is 5.91 Å². The molecule has 1 amide bonds. The van der Waals surface area contributed by atoms with Crippen LogP contribution >= 0.6 is 0 Å². The Kier molecular flexibility index (Phi) is 5.12. The monoisotopic (exact) mass is 338 g/mol. The minimum Gasteiger partial charge on any atom is -0.392 e. The molecule has 1 saturated carbocycles. The lowest BCUT2D eigenvalue weighted by Crippen LogP contribution is -2.63. The van der Waals surface area contributed by atoms with Gasteiger partial charge < -0.3 is 19.6 Å². The second-order valence-electron chi connectivity index (χ2n) is 6.99. The highest BCUT2D eigenvalue weighted by Gasteiger charge is 2.56. The number of aliphatic hydroxyl groups excluding tert-OH is 1. The highest BCUT2D eigenvalue weighted by Crippen LogP contribution is 2.50. The number of aromatic nitrogens is 4. The summed E-state index contributed by atoms with van der Waals surface area (Å²) in [5.41, 5.74) is -0.186. The fourth-order valence-electron chi connectivity index (χ4n) is 3.65. The van der Waals surface area contributed by atoms with Gasteiger partial charge in [-0.2, -0.15) is 4.80 Å². The predicted molar refractivity (Wildman–Crippen MR) is 85.0 cm³/mol. The van der Waals surface area contributed by atoms with Gasteiger partial charge >= 0.3 is 0 Å². The molecule has 9 nitrogen and oxygen atoms in total. The van der Waals surface area contributed by atoms with Crippen LogP contribution < -0.4 is 0 Å². The first-order valence-electron chi connectivity index (χ1n) is 8.44. The molecule has 1 spiro atoms. The van der Waals surface area contributed by atoms with E-state index in [1.807, 2.05) is 19.0 Å². The first kappa shape index (κ1) is 17.2. The number of tetrazole rings is 1. The molecule has 24 heavy (non-hydrogen) atoms. The molecule has 1 aromatic rings. The molecule has 1 aromatic heterocycles. The number of rotatable bonds is 6. The normalized spacial score (nSPS) is 25.9. The molecule has 2 atom stereocenters. The van der Waals surface area contributed by atoms with Crippen LogP contribution in [0.25, 0.3) is 0 Å². The van der Waals surface area contributed by atoms with E-state index in [1.165, 1.54) is 11.1 Å². The molecule has 9 heteroatoms.